The van der Waals surface area contributed by atoms with Crippen LogP contribution in [0.5, 0.6) is 0 Å². The van der Waals surface area contributed by atoms with Gasteiger partial charge in [-0.2, -0.15) is 0 Å². The third kappa shape index (κ3) is 3.04. The zero-order chi connectivity index (χ0) is 16.4. The highest BCUT2D eigenvalue weighted by Gasteiger charge is 2.10. The number of carbonyl (C=O) groups is 1. The fourth-order valence-corrected chi connectivity index (χ4v) is 2.47. The molecule has 0 radical (unpaired) electrons. The maximum atomic E-state index is 14.4. The van der Waals surface area contributed by atoms with Crippen LogP contribution in [0.1, 0.15) is 15.9 Å². The van der Waals surface area contributed by atoms with Crippen molar-refractivity contribution in [2.24, 2.45) is 0 Å². The summed E-state index contributed by atoms with van der Waals surface area (Å²) in [4.78, 5) is 10.7. The van der Waals surface area contributed by atoms with Gasteiger partial charge < -0.3 is 0 Å². The van der Waals surface area contributed by atoms with Crippen molar-refractivity contribution in [2.75, 3.05) is 0 Å². The van der Waals surface area contributed by atoms with Crippen LogP contribution in [-0.4, -0.2) is 6.29 Å². The first kappa shape index (κ1) is 15.1. The Morgan fingerprint density at radius 3 is 1.96 bits per heavy atom. The molecule has 0 bridgehead atoms. The Labute approximate surface area is 133 Å². The Bertz CT molecular complexity index is 867. The molecule has 3 aromatic carbocycles. The van der Waals surface area contributed by atoms with Crippen LogP contribution < -0.4 is 0 Å². The molecule has 0 saturated heterocycles. The Morgan fingerprint density at radius 2 is 1.35 bits per heavy atom. The minimum absolute atomic E-state index is 0.0366. The number of rotatable bonds is 3. The van der Waals surface area contributed by atoms with Gasteiger partial charge in [0.1, 0.15) is 11.6 Å². The van der Waals surface area contributed by atoms with Gasteiger partial charge in [0.25, 0.3) is 0 Å². The lowest BCUT2D eigenvalue weighted by Gasteiger charge is -2.08. The average Bonchev–Trinajstić information content (AvgIpc) is 2.55. The van der Waals surface area contributed by atoms with Gasteiger partial charge in [0.2, 0.25) is 0 Å². The molecule has 23 heavy (non-hydrogen) atoms. The van der Waals surface area contributed by atoms with Crippen molar-refractivity contribution >= 4 is 6.29 Å². The molecule has 0 amide bonds. The molecule has 0 heterocycles. The first-order valence-electron chi connectivity index (χ1n) is 7.20. The van der Waals surface area contributed by atoms with Crippen molar-refractivity contribution in [2.45, 2.75) is 6.92 Å². The number of benzene rings is 3. The van der Waals surface area contributed by atoms with Crippen LogP contribution in [0.2, 0.25) is 0 Å². The van der Waals surface area contributed by atoms with E-state index >= 15 is 0 Å². The summed E-state index contributed by atoms with van der Waals surface area (Å²) in [6, 6.07) is 16.7. The summed E-state index contributed by atoms with van der Waals surface area (Å²) in [6.07, 6.45) is 0.440. The molecule has 0 aliphatic rings. The highest BCUT2D eigenvalue weighted by Crippen LogP contribution is 2.29. The Morgan fingerprint density at radius 1 is 0.739 bits per heavy atom. The Kier molecular flexibility index (Phi) is 4.02. The maximum Gasteiger partial charge on any atom is 0.152 e. The Balaban J connectivity index is 2.01. The number of hydrogen-bond donors (Lipinski definition) is 0. The number of halogens is 2. The van der Waals surface area contributed by atoms with Crippen LogP contribution in [0.4, 0.5) is 8.78 Å². The molecule has 0 aliphatic heterocycles. The van der Waals surface area contributed by atoms with E-state index in [0.717, 1.165) is 16.7 Å². The molecule has 0 unspecified atom stereocenters. The molecular weight excluding hydrogens is 294 g/mol. The van der Waals surface area contributed by atoms with E-state index in [1.54, 1.807) is 12.1 Å². The molecular formula is C20H14F2O. The molecule has 0 aliphatic carbocycles. The monoisotopic (exact) mass is 308 g/mol. The molecule has 3 rings (SSSR count). The summed E-state index contributed by atoms with van der Waals surface area (Å²) in [5, 5.41) is 0. The van der Waals surface area contributed by atoms with Crippen LogP contribution in [0.3, 0.4) is 0 Å². The van der Waals surface area contributed by atoms with E-state index in [4.69, 9.17) is 0 Å². The number of carbonyl (C=O) groups excluding carboxylic acids is 1. The first-order chi connectivity index (χ1) is 11.1. The molecule has 1 nitrogen and oxygen atoms in total. The van der Waals surface area contributed by atoms with Crippen LogP contribution in [0, 0.1) is 18.6 Å². The summed E-state index contributed by atoms with van der Waals surface area (Å²) in [7, 11) is 0. The van der Waals surface area contributed by atoms with E-state index in [-0.39, 0.29) is 5.56 Å². The lowest BCUT2D eigenvalue weighted by atomic mass is 9.98. The van der Waals surface area contributed by atoms with Gasteiger partial charge in [-0.15, -0.1) is 0 Å². The lowest BCUT2D eigenvalue weighted by molar-refractivity contribution is 0.112. The van der Waals surface area contributed by atoms with Crippen LogP contribution in [0.25, 0.3) is 22.3 Å². The second kappa shape index (κ2) is 6.13. The van der Waals surface area contributed by atoms with Gasteiger partial charge in [0, 0.05) is 5.56 Å². The van der Waals surface area contributed by atoms with E-state index in [0.29, 0.717) is 17.4 Å². The zero-order valence-electron chi connectivity index (χ0n) is 12.5. The van der Waals surface area contributed by atoms with E-state index in [1.807, 2.05) is 31.2 Å². The molecule has 0 N–H and O–H groups in total. The van der Waals surface area contributed by atoms with Gasteiger partial charge in [-0.1, -0.05) is 48.0 Å². The highest BCUT2D eigenvalue weighted by molar-refractivity contribution is 5.78. The zero-order valence-corrected chi connectivity index (χ0v) is 12.5. The van der Waals surface area contributed by atoms with Crippen molar-refractivity contribution in [3.63, 3.8) is 0 Å². The quantitative estimate of drug-likeness (QED) is 0.590. The van der Waals surface area contributed by atoms with E-state index < -0.39 is 11.6 Å². The topological polar surface area (TPSA) is 17.1 Å². The van der Waals surface area contributed by atoms with Crippen LogP contribution in [0.15, 0.2) is 60.7 Å². The summed E-state index contributed by atoms with van der Waals surface area (Å²) in [5.74, 6) is -1.08. The molecule has 114 valence electrons. The van der Waals surface area contributed by atoms with Gasteiger partial charge >= 0.3 is 0 Å². The van der Waals surface area contributed by atoms with Gasteiger partial charge in [-0.05, 0) is 41.8 Å². The number of hydrogen-bond acceptors (Lipinski definition) is 1. The molecule has 0 fully saturated rings. The first-order valence-corrected chi connectivity index (χ1v) is 7.20. The van der Waals surface area contributed by atoms with E-state index in [2.05, 4.69) is 0 Å². The second-order valence-corrected chi connectivity index (χ2v) is 5.41. The fourth-order valence-electron chi connectivity index (χ4n) is 2.47. The predicted octanol–water partition coefficient (Wildman–Crippen LogP) is 5.42. The van der Waals surface area contributed by atoms with Crippen molar-refractivity contribution < 1.29 is 13.6 Å². The summed E-state index contributed by atoms with van der Waals surface area (Å²) in [6.45, 7) is 1.99. The molecule has 0 saturated carbocycles. The third-order valence-electron chi connectivity index (χ3n) is 3.79. The van der Waals surface area contributed by atoms with Gasteiger partial charge in [0.15, 0.2) is 6.29 Å². The summed E-state index contributed by atoms with van der Waals surface area (Å²) < 4.78 is 28.1. The van der Waals surface area contributed by atoms with Crippen molar-refractivity contribution in [1.29, 1.82) is 0 Å². The standard InChI is InChI=1S/C20H14F2O/c1-13-2-4-14(5-3-13)15-8-9-18(20(22)10-15)16-6-7-17(12-23)19(21)11-16/h2-12H,1H3. The minimum Gasteiger partial charge on any atom is -0.298 e. The SMILES string of the molecule is Cc1ccc(-c2ccc(-c3ccc(C=O)c(F)c3)c(F)c2)cc1. The summed E-state index contributed by atoms with van der Waals surface area (Å²) in [5.41, 5.74) is 3.49. The average molecular weight is 308 g/mol. The van der Waals surface area contributed by atoms with Crippen LogP contribution >= 0.6 is 0 Å². The normalized spacial score (nSPS) is 10.6. The molecule has 0 spiro atoms. The number of aldehydes is 1. The smallest absolute Gasteiger partial charge is 0.152 e. The van der Waals surface area contributed by atoms with Crippen molar-refractivity contribution in [1.82, 2.24) is 0 Å². The van der Waals surface area contributed by atoms with Gasteiger partial charge in [-0.25, -0.2) is 8.78 Å². The van der Waals surface area contributed by atoms with Crippen LogP contribution in [-0.2, 0) is 0 Å². The maximum absolute atomic E-state index is 14.4. The molecule has 0 aromatic heterocycles. The number of aryl methyl sites for hydroxylation is 1. The van der Waals surface area contributed by atoms with Crippen molar-refractivity contribution in [3.8, 4) is 22.3 Å². The van der Waals surface area contributed by atoms with Crippen molar-refractivity contribution in [3.05, 3.63) is 83.4 Å². The summed E-state index contributed by atoms with van der Waals surface area (Å²) >= 11 is 0. The van der Waals surface area contributed by atoms with Gasteiger partial charge in [0.05, 0.1) is 5.56 Å². The predicted molar refractivity (Wildman–Crippen MR) is 87.4 cm³/mol. The van der Waals surface area contributed by atoms with E-state index in [9.17, 15) is 13.6 Å². The highest BCUT2D eigenvalue weighted by atomic mass is 19.1. The fraction of sp³-hybridized carbons (Fsp3) is 0.0500. The van der Waals surface area contributed by atoms with E-state index in [1.165, 1.54) is 24.3 Å². The third-order valence-corrected chi connectivity index (χ3v) is 3.79. The molecule has 0 atom stereocenters. The second-order valence-electron chi connectivity index (χ2n) is 5.41. The lowest BCUT2D eigenvalue weighted by Crippen LogP contribution is -1.91. The molecule has 3 heteroatoms. The largest absolute Gasteiger partial charge is 0.298 e. The van der Waals surface area contributed by atoms with Gasteiger partial charge in [-0.3, -0.25) is 4.79 Å². The molecule has 3 aromatic rings. The minimum atomic E-state index is -0.653. The Hall–Kier alpha value is -2.81.